The molecule has 1 fully saturated rings. The summed E-state index contributed by atoms with van der Waals surface area (Å²) in [7, 11) is -4.54. The van der Waals surface area contributed by atoms with Gasteiger partial charge in [-0.1, -0.05) is 108 Å². The second-order valence-corrected chi connectivity index (χ2v) is 22.2. The third kappa shape index (κ3) is 5.10. The summed E-state index contributed by atoms with van der Waals surface area (Å²) in [5.41, 5.74) is 0.505. The van der Waals surface area contributed by atoms with Crippen LogP contribution in [0.25, 0.3) is 0 Å². The van der Waals surface area contributed by atoms with Gasteiger partial charge in [0.05, 0.1) is 17.1 Å². The molecule has 0 amide bonds. The van der Waals surface area contributed by atoms with Gasteiger partial charge in [-0.3, -0.25) is 4.79 Å². The normalized spacial score (nSPS) is 24.3. The number of hydrogen-bond acceptors (Lipinski definition) is 4. The highest BCUT2D eigenvalue weighted by atomic mass is 28.4. The van der Waals surface area contributed by atoms with E-state index in [0.29, 0.717) is 19.4 Å². The van der Waals surface area contributed by atoms with Crippen LogP contribution >= 0.6 is 0 Å². The molecule has 0 spiro atoms. The van der Waals surface area contributed by atoms with Gasteiger partial charge in [0.1, 0.15) is 6.10 Å². The lowest BCUT2D eigenvalue weighted by Crippen LogP contribution is -2.66. The lowest BCUT2D eigenvalue weighted by Gasteiger charge is -2.43. The summed E-state index contributed by atoms with van der Waals surface area (Å²) in [4.78, 5) is 13.8. The smallest absolute Gasteiger partial charge is 0.317 e. The van der Waals surface area contributed by atoms with Crippen molar-refractivity contribution in [2.45, 2.75) is 96.5 Å². The molecule has 1 aliphatic heterocycles. The molecule has 41 heavy (non-hydrogen) atoms. The summed E-state index contributed by atoms with van der Waals surface area (Å²) in [6.45, 7) is 14.2. The van der Waals surface area contributed by atoms with E-state index in [9.17, 15) is 4.79 Å². The van der Waals surface area contributed by atoms with Crippen molar-refractivity contribution in [3.63, 3.8) is 0 Å². The highest BCUT2D eigenvalue weighted by Gasteiger charge is 2.59. The molecule has 1 heterocycles. The first-order chi connectivity index (χ1) is 19.7. The Hall–Kier alpha value is -2.42. The Morgan fingerprint density at radius 1 is 0.902 bits per heavy atom. The Morgan fingerprint density at radius 2 is 1.49 bits per heavy atom. The standard InChI is InChI=1S/C35H48O4Si2/c1-7-40(8-2,9-3)39-31-23-24-35(30-22-16-21-29(31)32(30)38-33(35)36)25-26-37-41(34(4,5)6,27-17-12-10-13-18-27)28-19-14-11-15-20-28/h10-15,17-20,22-23,29,32H,7-9,16,21,24-26H2,1-6H3/t29-,32+,35+/m1/s1. The fraction of sp³-hybridized carbons (Fsp3) is 0.514. The predicted octanol–water partition coefficient (Wildman–Crippen LogP) is 7.51. The van der Waals surface area contributed by atoms with Gasteiger partial charge in [0.2, 0.25) is 8.32 Å². The first-order valence-corrected chi connectivity index (χ1v) is 20.2. The first-order valence-electron chi connectivity index (χ1n) is 15.7. The summed E-state index contributed by atoms with van der Waals surface area (Å²) < 4.78 is 20.5. The van der Waals surface area contributed by atoms with E-state index < -0.39 is 22.0 Å². The minimum atomic E-state index is -2.70. The maximum absolute atomic E-state index is 13.8. The molecule has 4 nitrogen and oxygen atoms in total. The van der Waals surface area contributed by atoms with Crippen LogP contribution in [0.3, 0.4) is 0 Å². The highest BCUT2D eigenvalue weighted by molar-refractivity contribution is 6.99. The molecule has 0 unspecified atom stereocenters. The summed E-state index contributed by atoms with van der Waals surface area (Å²) in [5.74, 6) is 1.16. The molecule has 2 aromatic rings. The van der Waals surface area contributed by atoms with Crippen LogP contribution in [0, 0.1) is 11.3 Å². The van der Waals surface area contributed by atoms with Crippen LogP contribution in [-0.4, -0.2) is 35.3 Å². The van der Waals surface area contributed by atoms with E-state index in [1.165, 1.54) is 15.9 Å². The Balaban J connectivity index is 1.49. The van der Waals surface area contributed by atoms with Crippen LogP contribution in [0.4, 0.5) is 0 Å². The zero-order valence-electron chi connectivity index (χ0n) is 25.9. The van der Waals surface area contributed by atoms with Gasteiger partial charge >= 0.3 is 5.97 Å². The lowest BCUT2D eigenvalue weighted by atomic mass is 9.72. The van der Waals surface area contributed by atoms with Crippen molar-refractivity contribution < 1.29 is 18.4 Å². The number of esters is 1. The number of carbonyl (C=O) groups is 1. The zero-order chi connectivity index (χ0) is 29.3. The maximum atomic E-state index is 13.8. The van der Waals surface area contributed by atoms with Crippen LogP contribution < -0.4 is 10.4 Å². The van der Waals surface area contributed by atoms with Gasteiger partial charge in [-0.25, -0.2) is 0 Å². The van der Waals surface area contributed by atoms with Crippen molar-refractivity contribution in [3.8, 4) is 0 Å². The topological polar surface area (TPSA) is 44.8 Å². The monoisotopic (exact) mass is 588 g/mol. The van der Waals surface area contributed by atoms with Gasteiger partial charge in [-0.15, -0.1) is 0 Å². The van der Waals surface area contributed by atoms with E-state index in [-0.39, 0.29) is 23.0 Å². The molecule has 2 aromatic carbocycles. The van der Waals surface area contributed by atoms with Gasteiger partial charge < -0.3 is 13.6 Å². The second kappa shape index (κ2) is 11.7. The van der Waals surface area contributed by atoms with E-state index in [1.54, 1.807) is 0 Å². The average molecular weight is 589 g/mol. The van der Waals surface area contributed by atoms with Crippen molar-refractivity contribution in [3.05, 3.63) is 84.1 Å². The molecule has 0 saturated carbocycles. The van der Waals surface area contributed by atoms with Crippen LogP contribution in [-0.2, 0) is 18.4 Å². The van der Waals surface area contributed by atoms with Gasteiger partial charge in [0.15, 0.2) is 0 Å². The molecular weight excluding hydrogens is 541 g/mol. The van der Waals surface area contributed by atoms with Gasteiger partial charge in [-0.05, 0) is 70.9 Å². The summed E-state index contributed by atoms with van der Waals surface area (Å²) in [6, 6.07) is 24.8. The van der Waals surface area contributed by atoms with E-state index in [4.69, 9.17) is 13.6 Å². The number of benzene rings is 2. The van der Waals surface area contributed by atoms with Crippen LogP contribution in [0.5, 0.6) is 0 Å². The fourth-order valence-electron chi connectivity index (χ4n) is 7.60. The van der Waals surface area contributed by atoms with Crippen molar-refractivity contribution in [2.24, 2.45) is 11.3 Å². The summed E-state index contributed by atoms with van der Waals surface area (Å²) in [5, 5.41) is 2.41. The minimum absolute atomic E-state index is 0.0769. The first kappa shape index (κ1) is 30.1. The quantitative estimate of drug-likeness (QED) is 0.155. The van der Waals surface area contributed by atoms with Crippen LogP contribution in [0.2, 0.25) is 23.2 Å². The number of carbonyl (C=O) groups excluding carboxylic acids is 1. The van der Waals surface area contributed by atoms with Crippen LogP contribution in [0.1, 0.15) is 67.2 Å². The van der Waals surface area contributed by atoms with Gasteiger partial charge in [0, 0.05) is 6.61 Å². The van der Waals surface area contributed by atoms with E-state index >= 15 is 0 Å². The molecule has 220 valence electrons. The number of hydrogen-bond donors (Lipinski definition) is 0. The highest BCUT2D eigenvalue weighted by Crippen LogP contribution is 2.55. The Labute approximate surface area is 249 Å². The van der Waals surface area contributed by atoms with Crippen LogP contribution in [0.15, 0.2) is 84.1 Å². The number of ether oxygens (including phenoxy) is 1. The van der Waals surface area contributed by atoms with Crippen molar-refractivity contribution >= 4 is 33.0 Å². The molecule has 0 radical (unpaired) electrons. The Kier molecular flexibility index (Phi) is 8.57. The van der Waals surface area contributed by atoms with Crippen molar-refractivity contribution in [1.82, 2.24) is 0 Å². The molecule has 1 saturated heterocycles. The molecule has 3 aliphatic rings. The molecule has 6 heteroatoms. The zero-order valence-corrected chi connectivity index (χ0v) is 27.9. The molecule has 5 rings (SSSR count). The second-order valence-electron chi connectivity index (χ2n) is 13.2. The number of rotatable bonds is 11. The fourth-order valence-corrected chi connectivity index (χ4v) is 14.8. The van der Waals surface area contributed by atoms with E-state index in [2.05, 4.69) is 114 Å². The largest absolute Gasteiger partial charge is 0.546 e. The Morgan fingerprint density at radius 3 is 2.02 bits per heavy atom. The summed E-state index contributed by atoms with van der Waals surface area (Å²) in [6.07, 6.45) is 7.56. The van der Waals surface area contributed by atoms with E-state index in [1.807, 2.05) is 0 Å². The SMILES string of the molecule is CC[Si](CC)(CC)OC1=CC[C@@]2(CCO[Si](c3ccccc3)(c3ccccc3)C(C)(C)C)C(=O)O[C@@H]3C2=CCC[C@H]13. The molecule has 3 atom stereocenters. The minimum Gasteiger partial charge on any atom is -0.546 e. The molecule has 2 aliphatic carbocycles. The summed E-state index contributed by atoms with van der Waals surface area (Å²) >= 11 is 0. The number of allylic oxidation sites excluding steroid dienone is 2. The van der Waals surface area contributed by atoms with Gasteiger partial charge in [0.25, 0.3) is 8.32 Å². The van der Waals surface area contributed by atoms with Gasteiger partial charge in [-0.2, -0.15) is 0 Å². The Bertz CT molecular complexity index is 1230. The maximum Gasteiger partial charge on any atom is 0.317 e. The average Bonchev–Trinajstić information content (AvgIpc) is 3.24. The van der Waals surface area contributed by atoms with Crippen molar-refractivity contribution in [2.75, 3.05) is 6.61 Å². The molecule has 4 bridgehead atoms. The molecule has 0 N–H and O–H groups in total. The molecule has 0 aromatic heterocycles. The lowest BCUT2D eigenvalue weighted by molar-refractivity contribution is -0.151. The molecular formula is C35H48O4Si2. The van der Waals surface area contributed by atoms with E-state index in [0.717, 1.165) is 36.7 Å². The third-order valence-electron chi connectivity index (χ3n) is 10.2. The third-order valence-corrected chi connectivity index (χ3v) is 19.8. The predicted molar refractivity (Wildman–Crippen MR) is 172 cm³/mol. The van der Waals surface area contributed by atoms with Crippen molar-refractivity contribution in [1.29, 1.82) is 0 Å².